The molecular formula is C11H20N2O2. The number of rotatable bonds is 5. The van der Waals surface area contributed by atoms with E-state index >= 15 is 0 Å². The fourth-order valence-corrected chi connectivity index (χ4v) is 1.86. The number of carbonyl (C=O) groups excluding carboxylic acids is 1. The molecule has 2 fully saturated rings. The molecule has 2 aliphatic rings. The van der Waals surface area contributed by atoms with Crippen molar-refractivity contribution in [2.75, 3.05) is 26.3 Å². The Morgan fingerprint density at radius 1 is 1.33 bits per heavy atom. The second-order valence-corrected chi connectivity index (χ2v) is 4.56. The van der Waals surface area contributed by atoms with Gasteiger partial charge in [0.15, 0.2) is 0 Å². The van der Waals surface area contributed by atoms with Crippen molar-refractivity contribution in [2.45, 2.75) is 31.7 Å². The van der Waals surface area contributed by atoms with E-state index in [1.807, 2.05) is 0 Å². The smallest absolute Gasteiger partial charge is 0.234 e. The zero-order valence-corrected chi connectivity index (χ0v) is 9.13. The summed E-state index contributed by atoms with van der Waals surface area (Å²) in [4.78, 5) is 11.3. The van der Waals surface area contributed by atoms with Crippen LogP contribution in [0.4, 0.5) is 0 Å². The first-order chi connectivity index (χ1) is 7.34. The minimum absolute atomic E-state index is 0.134. The summed E-state index contributed by atoms with van der Waals surface area (Å²) in [5.74, 6) is 0.724. The van der Waals surface area contributed by atoms with Crippen molar-refractivity contribution >= 4 is 5.91 Å². The van der Waals surface area contributed by atoms with Crippen molar-refractivity contribution in [2.24, 2.45) is 5.92 Å². The van der Waals surface area contributed by atoms with Gasteiger partial charge in [-0.05, 0) is 31.6 Å². The third-order valence-corrected chi connectivity index (χ3v) is 2.92. The highest BCUT2D eigenvalue weighted by atomic mass is 16.5. The lowest BCUT2D eigenvalue weighted by Crippen LogP contribution is -2.38. The Morgan fingerprint density at radius 2 is 2.20 bits per heavy atom. The van der Waals surface area contributed by atoms with E-state index in [-0.39, 0.29) is 5.91 Å². The fourth-order valence-electron chi connectivity index (χ4n) is 1.86. The summed E-state index contributed by atoms with van der Waals surface area (Å²) in [6.45, 7) is 3.10. The maximum atomic E-state index is 11.3. The molecule has 1 aliphatic heterocycles. The Morgan fingerprint density at radius 3 is 2.87 bits per heavy atom. The van der Waals surface area contributed by atoms with Crippen molar-refractivity contribution in [1.82, 2.24) is 10.6 Å². The summed E-state index contributed by atoms with van der Waals surface area (Å²) in [5.41, 5.74) is 0. The minimum Gasteiger partial charge on any atom is -0.381 e. The summed E-state index contributed by atoms with van der Waals surface area (Å²) in [6, 6.07) is 0.470. The number of nitrogens with one attached hydrogen (secondary N) is 2. The number of ether oxygens (including phenoxy) is 1. The first kappa shape index (κ1) is 10.9. The standard InChI is InChI=1S/C11H20N2O2/c14-11(13-10-3-4-10)7-12-6-9-2-1-5-15-8-9/h9-10,12H,1-8H2,(H,13,14). The highest BCUT2D eigenvalue weighted by Gasteiger charge is 2.23. The second-order valence-electron chi connectivity index (χ2n) is 4.56. The largest absolute Gasteiger partial charge is 0.381 e. The normalized spacial score (nSPS) is 26.3. The molecule has 2 rings (SSSR count). The first-order valence-corrected chi connectivity index (χ1v) is 5.92. The summed E-state index contributed by atoms with van der Waals surface area (Å²) in [5, 5.41) is 6.15. The Kier molecular flexibility index (Phi) is 3.97. The first-order valence-electron chi connectivity index (χ1n) is 5.92. The molecule has 1 amide bonds. The van der Waals surface area contributed by atoms with Crippen LogP contribution in [0.1, 0.15) is 25.7 Å². The van der Waals surface area contributed by atoms with E-state index in [2.05, 4.69) is 10.6 Å². The predicted octanol–water partition coefficient (Wildman–Crippen LogP) is 0.281. The van der Waals surface area contributed by atoms with Crippen molar-refractivity contribution in [3.05, 3.63) is 0 Å². The van der Waals surface area contributed by atoms with Gasteiger partial charge in [0.1, 0.15) is 0 Å². The van der Waals surface area contributed by atoms with Gasteiger partial charge in [-0.25, -0.2) is 0 Å². The molecule has 4 nitrogen and oxygen atoms in total. The van der Waals surface area contributed by atoms with Gasteiger partial charge < -0.3 is 15.4 Å². The van der Waals surface area contributed by atoms with Crippen molar-refractivity contribution < 1.29 is 9.53 Å². The molecule has 1 unspecified atom stereocenters. The molecule has 1 atom stereocenters. The lowest BCUT2D eigenvalue weighted by molar-refractivity contribution is -0.120. The van der Waals surface area contributed by atoms with E-state index in [1.54, 1.807) is 0 Å². The summed E-state index contributed by atoms with van der Waals surface area (Å²) in [7, 11) is 0. The van der Waals surface area contributed by atoms with Crippen LogP contribution in [-0.2, 0) is 9.53 Å². The molecule has 0 aromatic heterocycles. The minimum atomic E-state index is 0.134. The number of hydrogen-bond acceptors (Lipinski definition) is 3. The summed E-state index contributed by atoms with van der Waals surface area (Å²) >= 11 is 0. The van der Waals surface area contributed by atoms with Crippen LogP contribution in [0.5, 0.6) is 0 Å². The highest BCUT2D eigenvalue weighted by Crippen LogP contribution is 2.18. The maximum Gasteiger partial charge on any atom is 0.234 e. The molecule has 1 saturated carbocycles. The van der Waals surface area contributed by atoms with Crippen LogP contribution in [0.15, 0.2) is 0 Å². The van der Waals surface area contributed by atoms with Gasteiger partial charge in [0.25, 0.3) is 0 Å². The molecule has 4 heteroatoms. The van der Waals surface area contributed by atoms with Gasteiger partial charge >= 0.3 is 0 Å². The Labute approximate surface area is 90.8 Å². The van der Waals surface area contributed by atoms with Crippen LogP contribution in [-0.4, -0.2) is 38.3 Å². The Hall–Kier alpha value is -0.610. The van der Waals surface area contributed by atoms with Gasteiger partial charge in [-0.3, -0.25) is 4.79 Å². The third kappa shape index (κ3) is 4.18. The molecule has 0 aromatic carbocycles. The quantitative estimate of drug-likeness (QED) is 0.688. The molecule has 2 N–H and O–H groups in total. The lowest BCUT2D eigenvalue weighted by atomic mass is 10.0. The van der Waals surface area contributed by atoms with Crippen LogP contribution in [0, 0.1) is 5.92 Å². The zero-order valence-electron chi connectivity index (χ0n) is 9.13. The van der Waals surface area contributed by atoms with Gasteiger partial charge in [-0.2, -0.15) is 0 Å². The van der Waals surface area contributed by atoms with Crippen LogP contribution in [0.2, 0.25) is 0 Å². The van der Waals surface area contributed by atoms with E-state index in [4.69, 9.17) is 4.74 Å². The summed E-state index contributed by atoms with van der Waals surface area (Å²) in [6.07, 6.45) is 4.68. The van der Waals surface area contributed by atoms with E-state index in [9.17, 15) is 4.79 Å². The van der Waals surface area contributed by atoms with Crippen LogP contribution in [0.25, 0.3) is 0 Å². The van der Waals surface area contributed by atoms with Crippen molar-refractivity contribution in [1.29, 1.82) is 0 Å². The molecule has 0 radical (unpaired) electrons. The Bertz CT molecular complexity index is 211. The van der Waals surface area contributed by atoms with Crippen LogP contribution < -0.4 is 10.6 Å². The molecule has 15 heavy (non-hydrogen) atoms. The molecule has 0 aromatic rings. The van der Waals surface area contributed by atoms with Crippen LogP contribution in [0.3, 0.4) is 0 Å². The average molecular weight is 212 g/mol. The molecule has 1 saturated heterocycles. The second kappa shape index (κ2) is 5.47. The Balaban J connectivity index is 1.51. The monoisotopic (exact) mass is 212 g/mol. The SMILES string of the molecule is O=C(CNCC1CCCOC1)NC1CC1. The molecule has 0 bridgehead atoms. The van der Waals surface area contributed by atoms with Crippen molar-refractivity contribution in [3.8, 4) is 0 Å². The van der Waals surface area contributed by atoms with E-state index in [0.29, 0.717) is 18.5 Å². The molecule has 1 heterocycles. The van der Waals surface area contributed by atoms with Gasteiger partial charge in [0.05, 0.1) is 13.2 Å². The van der Waals surface area contributed by atoms with E-state index < -0.39 is 0 Å². The molecular weight excluding hydrogens is 192 g/mol. The van der Waals surface area contributed by atoms with Crippen LogP contribution >= 0.6 is 0 Å². The summed E-state index contributed by atoms with van der Waals surface area (Å²) < 4.78 is 5.37. The number of hydrogen-bond donors (Lipinski definition) is 2. The topological polar surface area (TPSA) is 50.4 Å². The van der Waals surface area contributed by atoms with E-state index in [0.717, 1.165) is 39.0 Å². The fraction of sp³-hybridized carbons (Fsp3) is 0.909. The van der Waals surface area contributed by atoms with Gasteiger partial charge in [0.2, 0.25) is 5.91 Å². The van der Waals surface area contributed by atoms with Crippen molar-refractivity contribution in [3.63, 3.8) is 0 Å². The third-order valence-electron chi connectivity index (χ3n) is 2.92. The number of amides is 1. The molecule has 86 valence electrons. The van der Waals surface area contributed by atoms with E-state index in [1.165, 1.54) is 6.42 Å². The van der Waals surface area contributed by atoms with Gasteiger partial charge in [-0.15, -0.1) is 0 Å². The lowest BCUT2D eigenvalue weighted by Gasteiger charge is -2.22. The average Bonchev–Trinajstić information content (AvgIpc) is 3.03. The highest BCUT2D eigenvalue weighted by molar-refractivity contribution is 5.78. The predicted molar refractivity (Wildman–Crippen MR) is 57.6 cm³/mol. The molecule has 1 aliphatic carbocycles. The molecule has 0 spiro atoms. The zero-order chi connectivity index (χ0) is 10.5. The maximum absolute atomic E-state index is 11.3. The van der Waals surface area contributed by atoms with Gasteiger partial charge in [0, 0.05) is 19.2 Å². The van der Waals surface area contributed by atoms with Gasteiger partial charge in [-0.1, -0.05) is 0 Å². The number of carbonyl (C=O) groups is 1.